The lowest BCUT2D eigenvalue weighted by Crippen LogP contribution is -2.23. The fraction of sp³-hybridized carbons (Fsp3) is 0.136. The van der Waals surface area contributed by atoms with E-state index in [1.807, 2.05) is 73.0 Å². The summed E-state index contributed by atoms with van der Waals surface area (Å²) in [7, 11) is 0. The van der Waals surface area contributed by atoms with Crippen molar-refractivity contribution in [2.75, 3.05) is 0 Å². The second kappa shape index (κ2) is 7.52. The van der Waals surface area contributed by atoms with Crippen molar-refractivity contribution in [3.8, 4) is 17.1 Å². The number of carbonyl (C=O) groups excluding carboxylic acids is 1. The number of carbonyl (C=O) groups is 1. The van der Waals surface area contributed by atoms with Gasteiger partial charge >= 0.3 is 0 Å². The topological polar surface area (TPSA) is 75.6 Å². The molecule has 0 spiro atoms. The third kappa shape index (κ3) is 3.44. The van der Waals surface area contributed by atoms with E-state index in [2.05, 4.69) is 20.5 Å². The minimum absolute atomic E-state index is 0.0899. The molecule has 0 aliphatic heterocycles. The van der Waals surface area contributed by atoms with Gasteiger partial charge in [0.05, 0.1) is 11.3 Å². The Morgan fingerprint density at radius 2 is 1.89 bits per heavy atom. The molecular weight excluding hydrogens is 350 g/mol. The van der Waals surface area contributed by atoms with Crippen molar-refractivity contribution < 1.29 is 4.79 Å². The van der Waals surface area contributed by atoms with E-state index in [9.17, 15) is 4.79 Å². The normalized spacial score (nSPS) is 10.8. The zero-order valence-corrected chi connectivity index (χ0v) is 15.8. The maximum atomic E-state index is 12.7. The fourth-order valence-electron chi connectivity index (χ4n) is 3.33. The summed E-state index contributed by atoms with van der Waals surface area (Å²) in [5.74, 6) is 0.721. The molecule has 3 aromatic heterocycles. The average molecular weight is 371 g/mol. The summed E-state index contributed by atoms with van der Waals surface area (Å²) in [4.78, 5) is 17.1. The molecule has 28 heavy (non-hydrogen) atoms. The lowest BCUT2D eigenvalue weighted by molar-refractivity contribution is 0.0950. The zero-order chi connectivity index (χ0) is 19.5. The summed E-state index contributed by atoms with van der Waals surface area (Å²) in [5, 5.41) is 9.92. The Balaban J connectivity index is 1.47. The molecule has 1 aromatic carbocycles. The molecular formula is C22H21N5O. The van der Waals surface area contributed by atoms with E-state index in [1.165, 1.54) is 0 Å². The summed E-state index contributed by atoms with van der Waals surface area (Å²) in [5.41, 5.74) is 5.59. The Labute approximate surface area is 163 Å². The van der Waals surface area contributed by atoms with Crippen molar-refractivity contribution in [3.05, 3.63) is 89.5 Å². The first kappa shape index (κ1) is 17.7. The van der Waals surface area contributed by atoms with Crippen LogP contribution in [-0.4, -0.2) is 25.7 Å². The monoisotopic (exact) mass is 371 g/mol. The summed E-state index contributed by atoms with van der Waals surface area (Å²) in [6.45, 7) is 4.39. The number of pyridine rings is 1. The molecule has 0 saturated heterocycles. The van der Waals surface area contributed by atoms with E-state index in [-0.39, 0.29) is 5.91 Å². The first-order chi connectivity index (χ1) is 13.6. The van der Waals surface area contributed by atoms with Gasteiger partial charge in [-0.05, 0) is 49.2 Å². The Bertz CT molecular complexity index is 1080. The first-order valence-electron chi connectivity index (χ1n) is 9.11. The molecule has 0 radical (unpaired) electrons. The molecule has 0 aliphatic rings. The number of benzene rings is 1. The largest absolute Gasteiger partial charge is 0.348 e. The molecule has 140 valence electrons. The van der Waals surface area contributed by atoms with Crippen LogP contribution >= 0.6 is 0 Å². The smallest absolute Gasteiger partial charge is 0.253 e. The maximum absolute atomic E-state index is 12.7. The number of rotatable bonds is 5. The van der Waals surface area contributed by atoms with Crippen molar-refractivity contribution in [3.63, 3.8) is 0 Å². The van der Waals surface area contributed by atoms with E-state index < -0.39 is 0 Å². The van der Waals surface area contributed by atoms with Crippen LogP contribution in [0.2, 0.25) is 0 Å². The van der Waals surface area contributed by atoms with E-state index in [0.29, 0.717) is 12.1 Å². The van der Waals surface area contributed by atoms with Crippen molar-refractivity contribution in [2.45, 2.75) is 20.4 Å². The Morgan fingerprint density at radius 3 is 2.57 bits per heavy atom. The van der Waals surface area contributed by atoms with Crippen LogP contribution in [0.15, 0.2) is 67.0 Å². The number of nitrogens with one attached hydrogen (secondary N) is 2. The van der Waals surface area contributed by atoms with Crippen molar-refractivity contribution in [1.82, 2.24) is 25.1 Å². The van der Waals surface area contributed by atoms with Crippen LogP contribution in [0.5, 0.6) is 0 Å². The lowest BCUT2D eigenvalue weighted by atomic mass is 10.1. The molecule has 4 aromatic rings. The molecule has 0 aliphatic carbocycles. The molecule has 0 bridgehead atoms. The van der Waals surface area contributed by atoms with Gasteiger partial charge in [-0.1, -0.05) is 30.3 Å². The van der Waals surface area contributed by atoms with Crippen molar-refractivity contribution in [1.29, 1.82) is 0 Å². The van der Waals surface area contributed by atoms with Crippen molar-refractivity contribution in [2.24, 2.45) is 0 Å². The molecule has 2 N–H and O–H groups in total. The highest BCUT2D eigenvalue weighted by Gasteiger charge is 2.17. The van der Waals surface area contributed by atoms with Gasteiger partial charge < -0.3 is 9.88 Å². The van der Waals surface area contributed by atoms with Gasteiger partial charge in [0.1, 0.15) is 5.82 Å². The van der Waals surface area contributed by atoms with Crippen LogP contribution < -0.4 is 5.32 Å². The second-order valence-corrected chi connectivity index (χ2v) is 6.66. The number of hydrogen-bond donors (Lipinski definition) is 2. The Hall–Kier alpha value is -3.67. The standard InChI is InChI=1S/C22H21N5O/c1-15-13-19(16(2)27(15)21-5-3-4-11-23-21)22(28)24-14-17-6-8-18(9-7-17)20-10-12-25-26-20/h3-13H,14H2,1-2H3,(H,24,28)(H,25,26). The first-order valence-corrected chi connectivity index (χ1v) is 9.11. The average Bonchev–Trinajstić information content (AvgIpc) is 3.35. The number of aromatic amines is 1. The number of aromatic nitrogens is 4. The predicted molar refractivity (Wildman–Crippen MR) is 108 cm³/mol. The molecule has 6 heteroatoms. The van der Waals surface area contributed by atoms with E-state index in [1.54, 1.807) is 12.4 Å². The third-order valence-electron chi connectivity index (χ3n) is 4.77. The molecule has 0 saturated carbocycles. The number of amides is 1. The zero-order valence-electron chi connectivity index (χ0n) is 15.8. The van der Waals surface area contributed by atoms with E-state index in [0.717, 1.165) is 34.0 Å². The van der Waals surface area contributed by atoms with E-state index >= 15 is 0 Å². The summed E-state index contributed by atoms with van der Waals surface area (Å²) >= 11 is 0. The van der Waals surface area contributed by atoms with Crippen LogP contribution in [0, 0.1) is 13.8 Å². The molecule has 3 heterocycles. The molecule has 0 atom stereocenters. The van der Waals surface area contributed by atoms with Crippen molar-refractivity contribution >= 4 is 5.91 Å². The predicted octanol–water partition coefficient (Wildman–Crippen LogP) is 3.81. The van der Waals surface area contributed by atoms with Gasteiger partial charge in [-0.25, -0.2) is 4.98 Å². The minimum Gasteiger partial charge on any atom is -0.348 e. The SMILES string of the molecule is Cc1cc(C(=O)NCc2ccc(-c3ccn[nH]3)cc2)c(C)n1-c1ccccn1. The Morgan fingerprint density at radius 1 is 1.07 bits per heavy atom. The quantitative estimate of drug-likeness (QED) is 0.560. The van der Waals surface area contributed by atoms with Gasteiger partial charge in [0.15, 0.2) is 0 Å². The van der Waals surface area contributed by atoms with Crippen LogP contribution in [0.1, 0.15) is 27.3 Å². The highest BCUT2D eigenvalue weighted by molar-refractivity contribution is 5.95. The van der Waals surface area contributed by atoms with Gasteiger partial charge in [0.25, 0.3) is 5.91 Å². The summed E-state index contributed by atoms with van der Waals surface area (Å²) < 4.78 is 1.99. The van der Waals surface area contributed by atoms with Gasteiger partial charge in [-0.3, -0.25) is 9.89 Å². The molecule has 0 unspecified atom stereocenters. The molecule has 1 amide bonds. The third-order valence-corrected chi connectivity index (χ3v) is 4.77. The number of nitrogens with zero attached hydrogens (tertiary/aromatic N) is 3. The van der Waals surface area contributed by atoms with E-state index in [4.69, 9.17) is 0 Å². The van der Waals surface area contributed by atoms with Gasteiger partial charge in [-0.2, -0.15) is 5.10 Å². The highest BCUT2D eigenvalue weighted by Crippen LogP contribution is 2.20. The molecule has 0 fully saturated rings. The maximum Gasteiger partial charge on any atom is 0.253 e. The lowest BCUT2D eigenvalue weighted by Gasteiger charge is -2.09. The van der Waals surface area contributed by atoms with Crippen LogP contribution in [0.4, 0.5) is 0 Å². The van der Waals surface area contributed by atoms with Gasteiger partial charge in [0.2, 0.25) is 0 Å². The van der Waals surface area contributed by atoms with Gasteiger partial charge in [0, 0.05) is 30.3 Å². The number of H-pyrrole nitrogens is 1. The second-order valence-electron chi connectivity index (χ2n) is 6.66. The highest BCUT2D eigenvalue weighted by atomic mass is 16.1. The van der Waals surface area contributed by atoms with Gasteiger partial charge in [-0.15, -0.1) is 0 Å². The Kier molecular flexibility index (Phi) is 4.76. The molecule has 4 rings (SSSR count). The van der Waals surface area contributed by atoms with Crippen LogP contribution in [0.3, 0.4) is 0 Å². The minimum atomic E-state index is -0.0899. The summed E-state index contributed by atoms with van der Waals surface area (Å²) in [6, 6.07) is 17.6. The summed E-state index contributed by atoms with van der Waals surface area (Å²) in [6.07, 6.45) is 3.48. The fourth-order valence-corrected chi connectivity index (χ4v) is 3.33. The van der Waals surface area contributed by atoms with Crippen LogP contribution in [0.25, 0.3) is 17.1 Å². The number of aryl methyl sites for hydroxylation is 1. The van der Waals surface area contributed by atoms with Crippen LogP contribution in [-0.2, 0) is 6.54 Å². The number of hydrogen-bond acceptors (Lipinski definition) is 3. The molecule has 6 nitrogen and oxygen atoms in total.